The van der Waals surface area contributed by atoms with Gasteiger partial charge in [-0.15, -0.1) is 9.24 Å². The highest BCUT2D eigenvalue weighted by Gasteiger charge is 2.05. The van der Waals surface area contributed by atoms with Gasteiger partial charge in [0, 0.05) is 0 Å². The Balaban J connectivity index is 0. The molecule has 0 aliphatic heterocycles. The van der Waals surface area contributed by atoms with Crippen LogP contribution in [-0.2, 0) is 0 Å². The maximum absolute atomic E-state index is 2.73. The first kappa shape index (κ1) is 15.6. The molecule has 0 bridgehead atoms. The Morgan fingerprint density at radius 2 is 1.69 bits per heavy atom. The third-order valence-electron chi connectivity index (χ3n) is 1.61. The highest BCUT2D eigenvalue weighted by atomic mass is 31.0. The number of hydrogen-bond acceptors (Lipinski definition) is 0. The standard InChI is InChI=1S/C8H16.C4H11P/c1-5-6-7-8(2,3)4;1-3-4(2)5/h5-6H,7H2,1-4H3;4H,3,5H2,1-2H3. The lowest BCUT2D eigenvalue weighted by Gasteiger charge is -2.13. The monoisotopic (exact) mass is 202 g/mol. The van der Waals surface area contributed by atoms with Crippen LogP contribution in [-0.4, -0.2) is 5.66 Å². The topological polar surface area (TPSA) is 0 Å². The molecule has 0 aromatic rings. The molecular formula is C12H27P. The molecular weight excluding hydrogens is 175 g/mol. The first-order chi connectivity index (χ1) is 5.83. The zero-order chi connectivity index (χ0) is 10.9. The normalized spacial score (nSPS) is 13.8. The van der Waals surface area contributed by atoms with E-state index in [-0.39, 0.29) is 0 Å². The van der Waals surface area contributed by atoms with E-state index in [0.29, 0.717) is 5.41 Å². The van der Waals surface area contributed by atoms with Crippen molar-refractivity contribution < 1.29 is 0 Å². The third kappa shape index (κ3) is 24.5. The summed E-state index contributed by atoms with van der Waals surface area (Å²) in [6.07, 6.45) is 6.76. The van der Waals surface area contributed by atoms with E-state index >= 15 is 0 Å². The molecule has 1 heteroatoms. The number of hydrogen-bond donors (Lipinski definition) is 0. The average Bonchev–Trinajstić information content (AvgIpc) is 2.00. The molecule has 0 aromatic heterocycles. The summed E-state index contributed by atoms with van der Waals surface area (Å²) >= 11 is 0. The molecule has 0 aliphatic carbocycles. The van der Waals surface area contributed by atoms with Crippen molar-refractivity contribution in [2.45, 2.75) is 60.0 Å². The molecule has 0 rings (SSSR count). The number of rotatable bonds is 2. The van der Waals surface area contributed by atoms with Gasteiger partial charge in [0.2, 0.25) is 0 Å². The molecule has 0 radical (unpaired) electrons. The second-order valence-corrected chi connectivity index (χ2v) is 5.86. The molecule has 0 heterocycles. The minimum Gasteiger partial charge on any atom is -0.135 e. The fourth-order valence-electron chi connectivity index (χ4n) is 0.471. The second kappa shape index (κ2) is 8.75. The van der Waals surface area contributed by atoms with E-state index in [0.717, 1.165) is 5.66 Å². The van der Waals surface area contributed by atoms with Crippen molar-refractivity contribution in [3.63, 3.8) is 0 Å². The fraction of sp³-hybridized carbons (Fsp3) is 0.833. The average molecular weight is 202 g/mol. The zero-order valence-corrected chi connectivity index (χ0v) is 11.4. The van der Waals surface area contributed by atoms with Crippen molar-refractivity contribution in [1.29, 1.82) is 0 Å². The predicted octanol–water partition coefficient (Wildman–Crippen LogP) is 4.66. The van der Waals surface area contributed by atoms with Crippen LogP contribution in [0.1, 0.15) is 54.4 Å². The van der Waals surface area contributed by atoms with E-state index in [1.54, 1.807) is 0 Å². The maximum Gasteiger partial charge on any atom is -0.0295 e. The SMILES string of the molecule is CC=CCC(C)(C)C.CCC(C)P. The lowest BCUT2D eigenvalue weighted by atomic mass is 9.92. The van der Waals surface area contributed by atoms with E-state index in [4.69, 9.17) is 0 Å². The van der Waals surface area contributed by atoms with Gasteiger partial charge in [0.1, 0.15) is 0 Å². The Labute approximate surface area is 87.4 Å². The van der Waals surface area contributed by atoms with Crippen LogP contribution < -0.4 is 0 Å². The highest BCUT2D eigenvalue weighted by Crippen LogP contribution is 2.18. The van der Waals surface area contributed by atoms with Crippen LogP contribution in [0.25, 0.3) is 0 Å². The van der Waals surface area contributed by atoms with Crippen LogP contribution in [0, 0.1) is 5.41 Å². The summed E-state index contributed by atoms with van der Waals surface area (Å²) in [6.45, 7) is 13.2. The van der Waals surface area contributed by atoms with Crippen LogP contribution in [0.5, 0.6) is 0 Å². The molecule has 0 aliphatic rings. The lowest BCUT2D eigenvalue weighted by Crippen LogP contribution is -2.01. The molecule has 0 aromatic carbocycles. The fourth-order valence-corrected chi connectivity index (χ4v) is 0.471. The Bertz CT molecular complexity index is 118. The van der Waals surface area contributed by atoms with Gasteiger partial charge in [-0.1, -0.05) is 53.2 Å². The van der Waals surface area contributed by atoms with E-state index in [9.17, 15) is 0 Å². The Morgan fingerprint density at radius 3 is 1.77 bits per heavy atom. The summed E-state index contributed by atoms with van der Waals surface area (Å²) in [4.78, 5) is 0. The number of allylic oxidation sites excluding steroid dienone is 2. The van der Waals surface area contributed by atoms with Crippen molar-refractivity contribution in [3.05, 3.63) is 12.2 Å². The summed E-state index contributed by atoms with van der Waals surface area (Å²) < 4.78 is 0. The quantitative estimate of drug-likeness (QED) is 0.451. The van der Waals surface area contributed by atoms with Crippen molar-refractivity contribution in [1.82, 2.24) is 0 Å². The summed E-state index contributed by atoms with van der Waals surface area (Å²) in [5.74, 6) is 0. The van der Waals surface area contributed by atoms with E-state index in [1.165, 1.54) is 12.8 Å². The van der Waals surface area contributed by atoms with E-state index in [2.05, 4.69) is 62.9 Å². The second-order valence-electron chi connectivity index (χ2n) is 4.72. The van der Waals surface area contributed by atoms with Crippen LogP contribution in [0.3, 0.4) is 0 Å². The van der Waals surface area contributed by atoms with Gasteiger partial charge in [0.15, 0.2) is 0 Å². The van der Waals surface area contributed by atoms with Gasteiger partial charge < -0.3 is 0 Å². The van der Waals surface area contributed by atoms with Crippen LogP contribution >= 0.6 is 9.24 Å². The third-order valence-corrected chi connectivity index (χ3v) is 2.08. The Morgan fingerprint density at radius 1 is 1.31 bits per heavy atom. The molecule has 80 valence electrons. The molecule has 0 fully saturated rings. The van der Waals surface area contributed by atoms with Crippen LogP contribution in [0.15, 0.2) is 12.2 Å². The Kier molecular flexibility index (Phi) is 10.5. The van der Waals surface area contributed by atoms with Gasteiger partial charge in [0.25, 0.3) is 0 Å². The first-order valence-corrected chi connectivity index (χ1v) is 5.87. The van der Waals surface area contributed by atoms with Crippen LogP contribution in [0.4, 0.5) is 0 Å². The largest absolute Gasteiger partial charge is 0.135 e. The van der Waals surface area contributed by atoms with Gasteiger partial charge in [0.05, 0.1) is 0 Å². The van der Waals surface area contributed by atoms with Gasteiger partial charge in [-0.2, -0.15) is 0 Å². The van der Waals surface area contributed by atoms with Crippen molar-refractivity contribution in [2.24, 2.45) is 5.41 Å². The minimum atomic E-state index is 0.465. The smallest absolute Gasteiger partial charge is 0.0295 e. The molecule has 2 atom stereocenters. The van der Waals surface area contributed by atoms with Crippen LogP contribution in [0.2, 0.25) is 0 Å². The molecule has 0 amide bonds. The molecule has 0 saturated heterocycles. The lowest BCUT2D eigenvalue weighted by molar-refractivity contribution is 0.420. The molecule has 0 nitrogen and oxygen atoms in total. The molecule has 13 heavy (non-hydrogen) atoms. The van der Waals surface area contributed by atoms with Crippen molar-refractivity contribution in [2.75, 3.05) is 0 Å². The summed E-state index contributed by atoms with van der Waals surface area (Å²) in [7, 11) is 2.73. The summed E-state index contributed by atoms with van der Waals surface area (Å²) in [5, 5.41) is 0. The van der Waals surface area contributed by atoms with Gasteiger partial charge in [-0.25, -0.2) is 0 Å². The summed E-state index contributed by atoms with van der Waals surface area (Å²) in [6, 6.07) is 0. The van der Waals surface area contributed by atoms with E-state index < -0.39 is 0 Å². The molecule has 0 spiro atoms. The van der Waals surface area contributed by atoms with Gasteiger partial charge in [-0.05, 0) is 24.4 Å². The van der Waals surface area contributed by atoms with E-state index in [1.807, 2.05) is 0 Å². The highest BCUT2D eigenvalue weighted by molar-refractivity contribution is 7.17. The molecule has 0 N–H and O–H groups in total. The summed E-state index contributed by atoms with van der Waals surface area (Å²) in [5.41, 5.74) is 1.27. The molecule has 2 unspecified atom stereocenters. The van der Waals surface area contributed by atoms with Gasteiger partial charge in [-0.3, -0.25) is 0 Å². The Hall–Kier alpha value is 0.170. The van der Waals surface area contributed by atoms with Crippen molar-refractivity contribution in [3.8, 4) is 0 Å². The zero-order valence-electron chi connectivity index (χ0n) is 10.2. The maximum atomic E-state index is 2.73. The van der Waals surface area contributed by atoms with Gasteiger partial charge >= 0.3 is 0 Å². The first-order valence-electron chi connectivity index (χ1n) is 5.20. The minimum absolute atomic E-state index is 0.465. The molecule has 0 saturated carbocycles. The van der Waals surface area contributed by atoms with Crippen molar-refractivity contribution >= 4 is 9.24 Å². The predicted molar refractivity (Wildman–Crippen MR) is 68.3 cm³/mol.